The van der Waals surface area contributed by atoms with E-state index in [-0.39, 0.29) is 18.1 Å². The summed E-state index contributed by atoms with van der Waals surface area (Å²) in [4.78, 5) is 23.2. The van der Waals surface area contributed by atoms with E-state index in [1.54, 1.807) is 6.92 Å². The molecule has 0 radical (unpaired) electrons. The zero-order valence-corrected chi connectivity index (χ0v) is 13.6. The van der Waals surface area contributed by atoms with Crippen molar-refractivity contribution in [2.75, 3.05) is 13.2 Å². The third-order valence-corrected chi connectivity index (χ3v) is 3.10. The summed E-state index contributed by atoms with van der Waals surface area (Å²) >= 11 is 0. The van der Waals surface area contributed by atoms with Gasteiger partial charge in [-0.05, 0) is 39.5 Å². The maximum atomic E-state index is 11.6. The molecule has 0 aliphatic rings. The largest absolute Gasteiger partial charge is 0.454 e. The molecule has 0 spiro atoms. The summed E-state index contributed by atoms with van der Waals surface area (Å²) in [5, 5.41) is 2.80. The van der Waals surface area contributed by atoms with Crippen LogP contribution in [0.4, 0.5) is 0 Å². The lowest BCUT2D eigenvalue weighted by atomic mass is 10.0. The van der Waals surface area contributed by atoms with Crippen molar-refractivity contribution >= 4 is 11.9 Å². The van der Waals surface area contributed by atoms with Crippen molar-refractivity contribution < 1.29 is 19.1 Å². The molecule has 0 rings (SSSR count). The molecule has 20 heavy (non-hydrogen) atoms. The first-order chi connectivity index (χ1) is 9.18. The van der Waals surface area contributed by atoms with E-state index in [4.69, 9.17) is 9.47 Å². The molecule has 0 aromatic rings. The minimum Gasteiger partial charge on any atom is -0.454 e. The van der Waals surface area contributed by atoms with Gasteiger partial charge in [-0.1, -0.05) is 20.8 Å². The SMILES string of the molecule is CCC(C)(C)NC(=O)COC(=O)C(C)OCCC(C)C. The molecule has 0 saturated carbocycles. The number of hydrogen-bond donors (Lipinski definition) is 1. The summed E-state index contributed by atoms with van der Waals surface area (Å²) < 4.78 is 10.3. The number of hydrogen-bond acceptors (Lipinski definition) is 4. The van der Waals surface area contributed by atoms with Crippen molar-refractivity contribution in [3.63, 3.8) is 0 Å². The van der Waals surface area contributed by atoms with Crippen molar-refractivity contribution in [2.45, 2.75) is 66.0 Å². The number of nitrogens with one attached hydrogen (secondary N) is 1. The van der Waals surface area contributed by atoms with Crippen LogP contribution < -0.4 is 5.32 Å². The number of carbonyl (C=O) groups is 2. The third-order valence-electron chi connectivity index (χ3n) is 3.10. The Morgan fingerprint density at radius 2 is 1.80 bits per heavy atom. The number of carbonyl (C=O) groups excluding carboxylic acids is 2. The van der Waals surface area contributed by atoms with E-state index in [0.29, 0.717) is 12.5 Å². The maximum Gasteiger partial charge on any atom is 0.335 e. The number of rotatable bonds is 9. The van der Waals surface area contributed by atoms with Crippen LogP contribution in [0.15, 0.2) is 0 Å². The Balaban J connectivity index is 3.94. The van der Waals surface area contributed by atoms with Gasteiger partial charge in [0, 0.05) is 12.1 Å². The Morgan fingerprint density at radius 1 is 1.20 bits per heavy atom. The molecule has 1 unspecified atom stereocenters. The number of esters is 1. The fourth-order valence-electron chi connectivity index (χ4n) is 1.30. The van der Waals surface area contributed by atoms with Gasteiger partial charge in [0.25, 0.3) is 5.91 Å². The van der Waals surface area contributed by atoms with Crippen LogP contribution >= 0.6 is 0 Å². The molecule has 0 saturated heterocycles. The highest BCUT2D eigenvalue weighted by atomic mass is 16.6. The first-order valence-corrected chi connectivity index (χ1v) is 7.27. The predicted molar refractivity (Wildman–Crippen MR) is 78.3 cm³/mol. The summed E-state index contributed by atoms with van der Waals surface area (Å²) in [5.41, 5.74) is -0.289. The van der Waals surface area contributed by atoms with Crippen LogP contribution in [-0.4, -0.2) is 36.7 Å². The average molecular weight is 287 g/mol. The molecule has 1 amide bonds. The van der Waals surface area contributed by atoms with E-state index in [2.05, 4.69) is 19.2 Å². The van der Waals surface area contributed by atoms with E-state index in [1.165, 1.54) is 0 Å². The predicted octanol–water partition coefficient (Wildman–Crippen LogP) is 2.29. The molecule has 0 aliphatic carbocycles. The molecule has 118 valence electrons. The van der Waals surface area contributed by atoms with Crippen molar-refractivity contribution in [1.82, 2.24) is 5.32 Å². The molecular weight excluding hydrogens is 258 g/mol. The molecule has 5 nitrogen and oxygen atoms in total. The second-order valence-electron chi connectivity index (χ2n) is 6.09. The van der Waals surface area contributed by atoms with Gasteiger partial charge in [0.2, 0.25) is 0 Å². The van der Waals surface area contributed by atoms with Crippen LogP contribution in [0.2, 0.25) is 0 Å². The second-order valence-corrected chi connectivity index (χ2v) is 6.09. The molecule has 0 bridgehead atoms. The second kappa shape index (κ2) is 8.95. The molecule has 0 heterocycles. The van der Waals surface area contributed by atoms with Crippen LogP contribution in [0, 0.1) is 5.92 Å². The zero-order chi connectivity index (χ0) is 15.8. The topological polar surface area (TPSA) is 64.6 Å². The lowest BCUT2D eigenvalue weighted by Gasteiger charge is -2.24. The van der Waals surface area contributed by atoms with Gasteiger partial charge >= 0.3 is 5.97 Å². The van der Waals surface area contributed by atoms with Crippen molar-refractivity contribution in [1.29, 1.82) is 0 Å². The van der Waals surface area contributed by atoms with Crippen molar-refractivity contribution in [3.05, 3.63) is 0 Å². The quantitative estimate of drug-likeness (QED) is 0.661. The smallest absolute Gasteiger partial charge is 0.335 e. The first kappa shape index (κ1) is 18.9. The summed E-state index contributed by atoms with van der Waals surface area (Å²) in [7, 11) is 0. The minimum absolute atomic E-state index is 0.264. The monoisotopic (exact) mass is 287 g/mol. The molecule has 0 fully saturated rings. The van der Waals surface area contributed by atoms with Gasteiger partial charge in [0.05, 0.1) is 0 Å². The number of ether oxygens (including phenoxy) is 2. The normalized spacial score (nSPS) is 13.2. The van der Waals surface area contributed by atoms with Crippen LogP contribution in [0.1, 0.15) is 54.4 Å². The maximum absolute atomic E-state index is 11.6. The molecule has 5 heteroatoms. The van der Waals surface area contributed by atoms with Gasteiger partial charge in [-0.2, -0.15) is 0 Å². The Bertz CT molecular complexity index is 313. The first-order valence-electron chi connectivity index (χ1n) is 7.27. The zero-order valence-electron chi connectivity index (χ0n) is 13.6. The van der Waals surface area contributed by atoms with Crippen molar-refractivity contribution in [2.24, 2.45) is 5.92 Å². The highest BCUT2D eigenvalue weighted by Gasteiger charge is 2.20. The highest BCUT2D eigenvalue weighted by molar-refractivity contribution is 5.82. The highest BCUT2D eigenvalue weighted by Crippen LogP contribution is 2.06. The minimum atomic E-state index is -0.638. The van der Waals surface area contributed by atoms with Gasteiger partial charge < -0.3 is 14.8 Å². The van der Waals surface area contributed by atoms with Gasteiger partial charge in [-0.3, -0.25) is 4.79 Å². The Labute approximate surface area is 122 Å². The third kappa shape index (κ3) is 8.91. The van der Waals surface area contributed by atoms with E-state index in [9.17, 15) is 9.59 Å². The summed E-state index contributed by atoms with van der Waals surface area (Å²) in [6.45, 7) is 11.9. The van der Waals surface area contributed by atoms with E-state index in [1.807, 2.05) is 20.8 Å². The number of amides is 1. The molecular formula is C15H29NO4. The van der Waals surface area contributed by atoms with Gasteiger partial charge in [-0.15, -0.1) is 0 Å². The Kier molecular flexibility index (Phi) is 8.46. The Hall–Kier alpha value is -1.10. The molecule has 0 aromatic heterocycles. The Morgan fingerprint density at radius 3 is 2.30 bits per heavy atom. The van der Waals surface area contributed by atoms with Gasteiger partial charge in [0.15, 0.2) is 12.7 Å². The fourth-order valence-corrected chi connectivity index (χ4v) is 1.30. The van der Waals surface area contributed by atoms with Crippen LogP contribution in [0.25, 0.3) is 0 Å². The van der Waals surface area contributed by atoms with Crippen LogP contribution in [0.5, 0.6) is 0 Å². The fraction of sp³-hybridized carbons (Fsp3) is 0.867. The van der Waals surface area contributed by atoms with Gasteiger partial charge in [0.1, 0.15) is 0 Å². The standard InChI is InChI=1S/C15H29NO4/c1-7-15(5,6)16-13(17)10-20-14(18)12(4)19-9-8-11(2)3/h11-12H,7-10H2,1-6H3,(H,16,17). The van der Waals surface area contributed by atoms with E-state index >= 15 is 0 Å². The van der Waals surface area contributed by atoms with E-state index in [0.717, 1.165) is 12.8 Å². The molecule has 0 aromatic carbocycles. The van der Waals surface area contributed by atoms with Crippen molar-refractivity contribution in [3.8, 4) is 0 Å². The average Bonchev–Trinajstić information content (AvgIpc) is 2.34. The summed E-state index contributed by atoms with van der Waals surface area (Å²) in [6, 6.07) is 0. The van der Waals surface area contributed by atoms with Crippen LogP contribution in [-0.2, 0) is 19.1 Å². The summed E-state index contributed by atoms with van der Waals surface area (Å²) in [5.74, 6) is -0.266. The molecule has 1 N–H and O–H groups in total. The van der Waals surface area contributed by atoms with Crippen LogP contribution in [0.3, 0.4) is 0 Å². The molecule has 1 atom stereocenters. The lowest BCUT2D eigenvalue weighted by Crippen LogP contribution is -2.45. The lowest BCUT2D eigenvalue weighted by molar-refractivity contribution is -0.159. The summed E-state index contributed by atoms with van der Waals surface area (Å²) in [6.07, 6.45) is 1.06. The molecule has 0 aliphatic heterocycles. The van der Waals surface area contributed by atoms with Gasteiger partial charge in [-0.25, -0.2) is 4.79 Å². The van der Waals surface area contributed by atoms with E-state index < -0.39 is 12.1 Å².